The number of rotatable bonds is 7. The maximum Gasteiger partial charge on any atom is 0.310 e. The summed E-state index contributed by atoms with van der Waals surface area (Å²) in [5, 5.41) is 13.3. The molecule has 0 unspecified atom stereocenters. The van der Waals surface area contributed by atoms with Crippen LogP contribution in [0, 0.1) is 5.41 Å². The Morgan fingerprint density at radius 1 is 1.22 bits per heavy atom. The van der Waals surface area contributed by atoms with Gasteiger partial charge in [-0.3, -0.25) is 9.59 Å². The second kappa shape index (κ2) is 6.99. The Bertz CT molecular complexity index is 569. The Balaban J connectivity index is 1.39. The first-order valence-corrected chi connectivity index (χ1v) is 9.38. The molecule has 2 aliphatic rings. The zero-order valence-electron chi connectivity index (χ0n) is 13.4. The van der Waals surface area contributed by atoms with Gasteiger partial charge in [-0.15, -0.1) is 11.3 Å². The van der Waals surface area contributed by atoms with E-state index in [4.69, 9.17) is 4.98 Å². The predicted octanol–water partition coefficient (Wildman–Crippen LogP) is 2.72. The summed E-state index contributed by atoms with van der Waals surface area (Å²) in [6.45, 7) is 0.596. The van der Waals surface area contributed by atoms with E-state index in [1.807, 2.05) is 11.3 Å². The van der Waals surface area contributed by atoms with Crippen molar-refractivity contribution < 1.29 is 14.7 Å². The van der Waals surface area contributed by atoms with Crippen LogP contribution in [0.5, 0.6) is 0 Å². The molecule has 0 saturated heterocycles. The van der Waals surface area contributed by atoms with Crippen molar-refractivity contribution in [3.63, 3.8) is 0 Å². The molecular formula is C17H24N2O3S. The van der Waals surface area contributed by atoms with Crippen LogP contribution < -0.4 is 5.32 Å². The minimum absolute atomic E-state index is 0.119. The van der Waals surface area contributed by atoms with Crippen molar-refractivity contribution in [3.8, 4) is 0 Å². The Morgan fingerprint density at radius 3 is 2.65 bits per heavy atom. The number of hydrogen-bond donors (Lipinski definition) is 2. The van der Waals surface area contributed by atoms with E-state index in [0.717, 1.165) is 25.7 Å². The molecule has 0 bridgehead atoms. The van der Waals surface area contributed by atoms with E-state index in [1.165, 1.54) is 34.8 Å². The average molecular weight is 336 g/mol. The summed E-state index contributed by atoms with van der Waals surface area (Å²) in [7, 11) is 0. The Morgan fingerprint density at radius 2 is 2.00 bits per heavy atom. The summed E-state index contributed by atoms with van der Waals surface area (Å²) in [4.78, 5) is 29.4. The highest BCUT2D eigenvalue weighted by molar-refractivity contribution is 7.11. The van der Waals surface area contributed by atoms with Crippen molar-refractivity contribution in [1.82, 2.24) is 10.3 Å². The number of aryl methyl sites for hydroxylation is 3. The van der Waals surface area contributed by atoms with Gasteiger partial charge in [-0.25, -0.2) is 4.98 Å². The quantitative estimate of drug-likeness (QED) is 0.750. The molecule has 0 spiro atoms. The highest BCUT2D eigenvalue weighted by Crippen LogP contribution is 2.44. The largest absolute Gasteiger partial charge is 0.481 e. The van der Waals surface area contributed by atoms with Gasteiger partial charge in [0.15, 0.2) is 0 Å². The summed E-state index contributed by atoms with van der Waals surface area (Å²) in [5.41, 5.74) is 0.493. The van der Waals surface area contributed by atoms with Gasteiger partial charge >= 0.3 is 5.97 Å². The number of carboxylic acids is 1. The third kappa shape index (κ3) is 3.74. The zero-order chi connectivity index (χ0) is 16.3. The number of nitrogens with one attached hydrogen (secondary N) is 1. The summed E-state index contributed by atoms with van der Waals surface area (Å²) in [6.07, 6.45) is 8.83. The van der Waals surface area contributed by atoms with Crippen LogP contribution in [0.25, 0.3) is 0 Å². The maximum atomic E-state index is 11.9. The van der Waals surface area contributed by atoms with E-state index >= 15 is 0 Å². The fourth-order valence-electron chi connectivity index (χ4n) is 3.42. The van der Waals surface area contributed by atoms with Gasteiger partial charge in [-0.1, -0.05) is 6.42 Å². The second-order valence-corrected chi connectivity index (χ2v) is 7.92. The van der Waals surface area contributed by atoms with E-state index in [-0.39, 0.29) is 12.3 Å². The first-order chi connectivity index (χ1) is 11.1. The van der Waals surface area contributed by atoms with Crippen LogP contribution in [-0.2, 0) is 28.9 Å². The molecule has 1 fully saturated rings. The lowest BCUT2D eigenvalue weighted by molar-refractivity contribution is -0.157. The van der Waals surface area contributed by atoms with Gasteiger partial charge in [0.05, 0.1) is 16.1 Å². The number of carbonyl (C=O) groups excluding carboxylic acids is 1. The standard InChI is InChI=1S/C17H24N2O3S/c20-14(11-17(16(21)22)8-4-9-17)18-10-3-7-15-19-12-5-1-2-6-13(12)23-15/h1-11H2,(H,18,20)(H,21,22). The molecule has 6 heteroatoms. The number of amides is 1. The van der Waals surface area contributed by atoms with E-state index in [9.17, 15) is 14.7 Å². The predicted molar refractivity (Wildman–Crippen MR) is 88.6 cm³/mol. The lowest BCUT2D eigenvalue weighted by Gasteiger charge is -2.36. The summed E-state index contributed by atoms with van der Waals surface area (Å²) < 4.78 is 0. The molecular weight excluding hydrogens is 312 g/mol. The summed E-state index contributed by atoms with van der Waals surface area (Å²) >= 11 is 1.82. The third-order valence-corrected chi connectivity index (χ3v) is 6.26. The Kier molecular flexibility index (Phi) is 4.99. The van der Waals surface area contributed by atoms with Crippen molar-refractivity contribution >= 4 is 23.2 Å². The van der Waals surface area contributed by atoms with Crippen molar-refractivity contribution in [2.24, 2.45) is 5.41 Å². The molecule has 23 heavy (non-hydrogen) atoms. The van der Waals surface area contributed by atoms with Gasteiger partial charge in [-0.2, -0.15) is 0 Å². The normalized spacial score (nSPS) is 18.8. The molecule has 2 aliphatic carbocycles. The van der Waals surface area contributed by atoms with Crippen molar-refractivity contribution in [2.75, 3.05) is 6.54 Å². The molecule has 126 valence electrons. The summed E-state index contributed by atoms with van der Waals surface area (Å²) in [5.74, 6) is -0.960. The van der Waals surface area contributed by atoms with E-state index in [1.54, 1.807) is 0 Å². The van der Waals surface area contributed by atoms with Crippen LogP contribution in [-0.4, -0.2) is 28.5 Å². The first-order valence-electron chi connectivity index (χ1n) is 8.57. The van der Waals surface area contributed by atoms with Crippen LogP contribution >= 0.6 is 11.3 Å². The number of carboxylic acid groups (broad SMARTS) is 1. The van der Waals surface area contributed by atoms with E-state index in [0.29, 0.717) is 19.4 Å². The summed E-state index contributed by atoms with van der Waals surface area (Å²) in [6, 6.07) is 0. The van der Waals surface area contributed by atoms with Gasteiger partial charge in [0, 0.05) is 24.3 Å². The molecule has 5 nitrogen and oxygen atoms in total. The van der Waals surface area contributed by atoms with Crippen molar-refractivity contribution in [3.05, 3.63) is 15.6 Å². The highest BCUT2D eigenvalue weighted by Gasteiger charge is 2.45. The van der Waals surface area contributed by atoms with Gasteiger partial charge in [-0.05, 0) is 44.9 Å². The van der Waals surface area contributed by atoms with Crippen molar-refractivity contribution in [1.29, 1.82) is 0 Å². The lowest BCUT2D eigenvalue weighted by atomic mass is 9.66. The second-order valence-electron chi connectivity index (χ2n) is 6.75. The highest BCUT2D eigenvalue weighted by atomic mass is 32.1. The fourth-order valence-corrected chi connectivity index (χ4v) is 4.62. The molecule has 1 amide bonds. The van der Waals surface area contributed by atoms with Gasteiger partial charge in [0.1, 0.15) is 0 Å². The molecule has 1 heterocycles. The molecule has 1 aromatic heterocycles. The number of aromatic nitrogens is 1. The average Bonchev–Trinajstić information content (AvgIpc) is 2.89. The van der Waals surface area contributed by atoms with Crippen LogP contribution in [0.15, 0.2) is 0 Å². The smallest absolute Gasteiger partial charge is 0.310 e. The minimum atomic E-state index is -0.827. The number of nitrogens with zero attached hydrogens (tertiary/aromatic N) is 1. The number of hydrogen-bond acceptors (Lipinski definition) is 4. The number of thiazole rings is 1. The maximum absolute atomic E-state index is 11.9. The first kappa shape index (κ1) is 16.4. The van der Waals surface area contributed by atoms with Crippen LogP contribution in [0.3, 0.4) is 0 Å². The van der Waals surface area contributed by atoms with Crippen LogP contribution in [0.2, 0.25) is 0 Å². The number of carbonyl (C=O) groups is 2. The third-order valence-electron chi connectivity index (χ3n) is 5.04. The topological polar surface area (TPSA) is 79.3 Å². The number of fused-ring (bicyclic) bond motifs is 1. The van der Waals surface area contributed by atoms with E-state index < -0.39 is 11.4 Å². The molecule has 3 rings (SSSR count). The SMILES string of the molecule is O=C(CC1(C(=O)O)CCC1)NCCCc1nc2c(s1)CCCC2. The molecule has 0 atom stereocenters. The van der Waals surface area contributed by atoms with Gasteiger partial charge in [0.2, 0.25) is 5.91 Å². The molecule has 1 aromatic rings. The Hall–Kier alpha value is -1.43. The molecule has 2 N–H and O–H groups in total. The Labute approximate surface area is 140 Å². The zero-order valence-corrected chi connectivity index (χ0v) is 14.2. The molecule has 0 radical (unpaired) electrons. The fraction of sp³-hybridized carbons (Fsp3) is 0.706. The number of aliphatic carboxylic acids is 1. The van der Waals surface area contributed by atoms with Gasteiger partial charge in [0.25, 0.3) is 0 Å². The van der Waals surface area contributed by atoms with E-state index in [2.05, 4.69) is 5.32 Å². The van der Waals surface area contributed by atoms with Gasteiger partial charge < -0.3 is 10.4 Å². The monoisotopic (exact) mass is 336 g/mol. The van der Waals surface area contributed by atoms with Crippen molar-refractivity contribution in [2.45, 2.75) is 64.2 Å². The molecule has 1 saturated carbocycles. The molecule has 0 aromatic carbocycles. The molecule has 0 aliphatic heterocycles. The van der Waals surface area contributed by atoms with Crippen LogP contribution in [0.1, 0.15) is 60.5 Å². The van der Waals surface area contributed by atoms with Crippen LogP contribution in [0.4, 0.5) is 0 Å². The minimum Gasteiger partial charge on any atom is -0.481 e. The lowest BCUT2D eigenvalue weighted by Crippen LogP contribution is -2.42.